The standard InChI is InChI=1S/C28H33F2N5O/c1-18-3-5-19(6-4-18)26(20-7-9-21(29)10-8-20)27(31)28(36)34-25-17-33-16-24(30)23(25)12-11-22-15-32-13-14-35(22)2/h3-10,16-17,22,26-27,32H,11-15,31H2,1-2H3,(H,34,36)/t22-,26?,27+/m1/s1. The van der Waals surface area contributed by atoms with Gasteiger partial charge in [-0.3, -0.25) is 9.78 Å². The van der Waals surface area contributed by atoms with Crippen molar-refractivity contribution >= 4 is 11.6 Å². The number of aryl methyl sites for hydroxylation is 1. The molecule has 0 radical (unpaired) electrons. The number of amides is 1. The molecule has 6 nitrogen and oxygen atoms in total. The fourth-order valence-corrected chi connectivity index (χ4v) is 4.74. The highest BCUT2D eigenvalue weighted by Crippen LogP contribution is 2.29. The highest BCUT2D eigenvalue weighted by molar-refractivity contribution is 5.96. The van der Waals surface area contributed by atoms with Gasteiger partial charge >= 0.3 is 0 Å². The first-order chi connectivity index (χ1) is 17.3. The summed E-state index contributed by atoms with van der Waals surface area (Å²) < 4.78 is 28.4. The molecule has 1 fully saturated rings. The van der Waals surface area contributed by atoms with Crippen LogP contribution in [0.15, 0.2) is 60.9 Å². The molecule has 1 aliphatic rings. The molecular weight excluding hydrogens is 460 g/mol. The summed E-state index contributed by atoms with van der Waals surface area (Å²) >= 11 is 0. The minimum atomic E-state index is -0.997. The Bertz CT molecular complexity index is 1120. The number of likely N-dealkylation sites (N-methyl/N-ethyl adjacent to an activating group) is 1. The zero-order valence-electron chi connectivity index (χ0n) is 20.7. The van der Waals surface area contributed by atoms with Crippen LogP contribution in [0.25, 0.3) is 0 Å². The van der Waals surface area contributed by atoms with E-state index in [4.69, 9.17) is 5.73 Å². The van der Waals surface area contributed by atoms with Crippen LogP contribution in [0, 0.1) is 18.6 Å². The monoisotopic (exact) mass is 493 g/mol. The summed E-state index contributed by atoms with van der Waals surface area (Å²) in [6.07, 6.45) is 3.82. The third-order valence-corrected chi connectivity index (χ3v) is 6.96. The maximum Gasteiger partial charge on any atom is 0.242 e. The van der Waals surface area contributed by atoms with E-state index < -0.39 is 23.7 Å². The molecule has 2 aromatic carbocycles. The van der Waals surface area contributed by atoms with Crippen LogP contribution in [0.1, 0.15) is 34.6 Å². The molecule has 190 valence electrons. The van der Waals surface area contributed by atoms with Gasteiger partial charge in [-0.05, 0) is 50.1 Å². The van der Waals surface area contributed by atoms with Gasteiger partial charge in [-0.25, -0.2) is 8.78 Å². The van der Waals surface area contributed by atoms with Crippen molar-refractivity contribution in [2.24, 2.45) is 5.73 Å². The minimum Gasteiger partial charge on any atom is -0.323 e. The first-order valence-electron chi connectivity index (χ1n) is 12.3. The number of carbonyl (C=O) groups is 1. The van der Waals surface area contributed by atoms with Crippen molar-refractivity contribution in [3.05, 3.63) is 94.8 Å². The van der Waals surface area contributed by atoms with Gasteiger partial charge in [-0.1, -0.05) is 42.0 Å². The quantitative estimate of drug-likeness (QED) is 0.447. The molecule has 1 saturated heterocycles. The molecule has 0 aliphatic carbocycles. The minimum absolute atomic E-state index is 0.279. The van der Waals surface area contributed by atoms with Gasteiger partial charge in [-0.15, -0.1) is 0 Å². The fourth-order valence-electron chi connectivity index (χ4n) is 4.74. The Labute approximate surface area is 210 Å². The topological polar surface area (TPSA) is 83.3 Å². The zero-order chi connectivity index (χ0) is 25.7. The molecule has 0 spiro atoms. The SMILES string of the molecule is Cc1ccc(C(c2ccc(F)cc2)[C@H](N)C(=O)Nc2cncc(F)c2CC[C@@H]2CNCCN2C)cc1. The highest BCUT2D eigenvalue weighted by atomic mass is 19.1. The lowest BCUT2D eigenvalue weighted by Crippen LogP contribution is -2.49. The number of nitrogens with one attached hydrogen (secondary N) is 2. The first kappa shape index (κ1) is 25.9. The van der Waals surface area contributed by atoms with Gasteiger partial charge < -0.3 is 21.3 Å². The predicted octanol–water partition coefficient (Wildman–Crippen LogP) is 3.60. The van der Waals surface area contributed by atoms with Crippen LogP contribution in [0.3, 0.4) is 0 Å². The van der Waals surface area contributed by atoms with E-state index in [0.29, 0.717) is 23.2 Å². The normalized spacial score (nSPS) is 18.0. The van der Waals surface area contributed by atoms with E-state index in [1.165, 1.54) is 24.5 Å². The van der Waals surface area contributed by atoms with E-state index in [9.17, 15) is 13.6 Å². The van der Waals surface area contributed by atoms with Crippen LogP contribution in [0.2, 0.25) is 0 Å². The van der Waals surface area contributed by atoms with Crippen LogP contribution in [-0.4, -0.2) is 54.6 Å². The van der Waals surface area contributed by atoms with E-state index >= 15 is 0 Å². The summed E-state index contributed by atoms with van der Waals surface area (Å²) in [5, 5.41) is 6.19. The summed E-state index contributed by atoms with van der Waals surface area (Å²) in [6, 6.07) is 13.0. The Morgan fingerprint density at radius 3 is 2.47 bits per heavy atom. The smallest absolute Gasteiger partial charge is 0.242 e. The van der Waals surface area contributed by atoms with Gasteiger partial charge in [0.1, 0.15) is 11.6 Å². The number of aromatic nitrogens is 1. The van der Waals surface area contributed by atoms with Crippen molar-refractivity contribution in [2.45, 2.75) is 37.8 Å². The van der Waals surface area contributed by atoms with Gasteiger partial charge in [0, 0.05) is 37.2 Å². The average molecular weight is 494 g/mol. The number of anilines is 1. The molecular formula is C28H33F2N5O. The Morgan fingerprint density at radius 2 is 1.81 bits per heavy atom. The summed E-state index contributed by atoms with van der Waals surface area (Å²) in [5.41, 5.74) is 9.87. The molecule has 8 heteroatoms. The Morgan fingerprint density at radius 1 is 1.14 bits per heavy atom. The number of nitrogens with zero attached hydrogens (tertiary/aromatic N) is 2. The molecule has 1 aliphatic heterocycles. The number of nitrogens with two attached hydrogens (primary N) is 1. The summed E-state index contributed by atoms with van der Waals surface area (Å²) in [6.45, 7) is 4.69. The second-order valence-corrected chi connectivity index (χ2v) is 9.48. The number of carbonyl (C=O) groups excluding carboxylic acids is 1. The second kappa shape index (κ2) is 11.7. The predicted molar refractivity (Wildman–Crippen MR) is 138 cm³/mol. The van der Waals surface area contributed by atoms with Crippen molar-refractivity contribution in [3.8, 4) is 0 Å². The van der Waals surface area contributed by atoms with E-state index in [1.807, 2.05) is 31.2 Å². The van der Waals surface area contributed by atoms with Crippen LogP contribution < -0.4 is 16.4 Å². The molecule has 4 N–H and O–H groups in total. The van der Waals surface area contributed by atoms with Crippen molar-refractivity contribution in [2.75, 3.05) is 32.0 Å². The second-order valence-electron chi connectivity index (χ2n) is 9.48. The number of halogens is 2. The van der Waals surface area contributed by atoms with Crippen molar-refractivity contribution in [1.29, 1.82) is 0 Å². The Hall–Kier alpha value is -3.20. The molecule has 0 bridgehead atoms. The Balaban J connectivity index is 1.56. The van der Waals surface area contributed by atoms with Crippen LogP contribution in [-0.2, 0) is 11.2 Å². The van der Waals surface area contributed by atoms with Crippen molar-refractivity contribution in [1.82, 2.24) is 15.2 Å². The summed E-state index contributed by atoms with van der Waals surface area (Å²) in [7, 11) is 2.07. The molecule has 1 aromatic heterocycles. The van der Waals surface area contributed by atoms with Gasteiger partial charge in [0.25, 0.3) is 0 Å². The number of piperazine rings is 1. The van der Waals surface area contributed by atoms with Crippen molar-refractivity contribution < 1.29 is 13.6 Å². The highest BCUT2D eigenvalue weighted by Gasteiger charge is 2.29. The third-order valence-electron chi connectivity index (χ3n) is 6.96. The van der Waals surface area contributed by atoms with Gasteiger partial charge in [0.05, 0.1) is 24.1 Å². The lowest BCUT2D eigenvalue weighted by atomic mass is 9.84. The molecule has 4 rings (SSSR count). The van der Waals surface area contributed by atoms with Gasteiger partial charge in [-0.2, -0.15) is 0 Å². The maximum atomic E-state index is 14.8. The van der Waals surface area contributed by atoms with Crippen LogP contribution in [0.5, 0.6) is 0 Å². The molecule has 36 heavy (non-hydrogen) atoms. The largest absolute Gasteiger partial charge is 0.323 e. The van der Waals surface area contributed by atoms with E-state index in [2.05, 4.69) is 27.6 Å². The summed E-state index contributed by atoms with van der Waals surface area (Å²) in [4.78, 5) is 19.6. The van der Waals surface area contributed by atoms with E-state index in [1.54, 1.807) is 12.1 Å². The first-order valence-corrected chi connectivity index (χ1v) is 12.3. The molecule has 1 unspecified atom stereocenters. The molecule has 2 heterocycles. The molecule has 3 atom stereocenters. The molecule has 1 amide bonds. The van der Waals surface area contributed by atoms with E-state index in [0.717, 1.165) is 37.2 Å². The average Bonchev–Trinajstić information content (AvgIpc) is 2.87. The zero-order valence-corrected chi connectivity index (χ0v) is 20.7. The van der Waals surface area contributed by atoms with E-state index in [-0.39, 0.29) is 11.9 Å². The number of pyridine rings is 1. The molecule has 0 saturated carbocycles. The number of rotatable bonds is 8. The van der Waals surface area contributed by atoms with Gasteiger partial charge in [0.15, 0.2) is 0 Å². The third kappa shape index (κ3) is 6.13. The van der Waals surface area contributed by atoms with Crippen LogP contribution in [0.4, 0.5) is 14.5 Å². The summed E-state index contributed by atoms with van der Waals surface area (Å²) in [5.74, 6) is -1.80. The maximum absolute atomic E-state index is 14.8. The number of hydrogen-bond donors (Lipinski definition) is 3. The van der Waals surface area contributed by atoms with Gasteiger partial charge in [0.2, 0.25) is 5.91 Å². The van der Waals surface area contributed by atoms with Crippen LogP contribution >= 0.6 is 0 Å². The lowest BCUT2D eigenvalue weighted by molar-refractivity contribution is -0.117. The number of hydrogen-bond acceptors (Lipinski definition) is 5. The fraction of sp³-hybridized carbons (Fsp3) is 0.357. The molecule has 3 aromatic rings. The number of benzene rings is 2. The Kier molecular flexibility index (Phi) is 8.40. The lowest BCUT2D eigenvalue weighted by Gasteiger charge is -2.33. The van der Waals surface area contributed by atoms with Crippen molar-refractivity contribution in [3.63, 3.8) is 0 Å².